The molecule has 1 aliphatic rings. The molecule has 0 radical (unpaired) electrons. The van der Waals surface area contributed by atoms with E-state index in [1.165, 1.54) is 12.1 Å². The van der Waals surface area contributed by atoms with Gasteiger partial charge in [0.1, 0.15) is 12.4 Å². The highest BCUT2D eigenvalue weighted by Crippen LogP contribution is 2.34. The van der Waals surface area contributed by atoms with Crippen LogP contribution in [0.5, 0.6) is 11.5 Å². The van der Waals surface area contributed by atoms with Crippen LogP contribution in [0.2, 0.25) is 0 Å². The molecule has 0 amide bonds. The number of H-pyrrole nitrogens is 1. The molecule has 2 N–H and O–H groups in total. The van der Waals surface area contributed by atoms with E-state index >= 15 is 0 Å². The van der Waals surface area contributed by atoms with E-state index in [-0.39, 0.29) is 11.9 Å². The molecule has 2 aromatic carbocycles. The summed E-state index contributed by atoms with van der Waals surface area (Å²) in [6.45, 7) is 1.19. The van der Waals surface area contributed by atoms with Gasteiger partial charge in [-0.2, -0.15) is 5.10 Å². The lowest BCUT2D eigenvalue weighted by Crippen LogP contribution is -2.39. The Labute approximate surface area is 151 Å². The number of halogens is 1. The first-order valence-electron chi connectivity index (χ1n) is 8.55. The second kappa shape index (κ2) is 7.17. The van der Waals surface area contributed by atoms with Crippen LogP contribution in [0, 0.1) is 5.82 Å². The third kappa shape index (κ3) is 3.28. The predicted octanol–water partition coefficient (Wildman–Crippen LogP) is 3.32. The summed E-state index contributed by atoms with van der Waals surface area (Å²) in [5.41, 5.74) is 3.74. The topological polar surface area (TPSA) is 59.2 Å². The van der Waals surface area contributed by atoms with Gasteiger partial charge in [0, 0.05) is 23.7 Å². The fraction of sp³-hybridized carbons (Fsp3) is 0.250. The monoisotopic (exact) mass is 353 g/mol. The zero-order valence-electron chi connectivity index (χ0n) is 14.5. The molecule has 0 saturated carbocycles. The third-order valence-corrected chi connectivity index (χ3v) is 4.59. The Hall–Kier alpha value is -2.86. The second-order valence-corrected chi connectivity index (χ2v) is 6.32. The average Bonchev–Trinajstić information content (AvgIpc) is 3.14. The van der Waals surface area contributed by atoms with Crippen LogP contribution in [0.25, 0.3) is 11.3 Å². The van der Waals surface area contributed by atoms with Crippen LogP contribution in [0.3, 0.4) is 0 Å². The molecule has 6 heteroatoms. The van der Waals surface area contributed by atoms with Crippen molar-refractivity contribution in [3.05, 3.63) is 65.6 Å². The summed E-state index contributed by atoms with van der Waals surface area (Å²) in [5.74, 6) is 1.34. The van der Waals surface area contributed by atoms with Crippen LogP contribution in [-0.2, 0) is 13.0 Å². The van der Waals surface area contributed by atoms with Crippen LogP contribution in [0.15, 0.2) is 48.7 Å². The highest BCUT2D eigenvalue weighted by Gasteiger charge is 2.22. The van der Waals surface area contributed by atoms with Gasteiger partial charge in [-0.1, -0.05) is 24.3 Å². The molecular weight excluding hydrogens is 333 g/mol. The maximum absolute atomic E-state index is 13.5. The summed E-state index contributed by atoms with van der Waals surface area (Å²) in [6, 6.07) is 12.6. The molecule has 0 bridgehead atoms. The normalized spacial score (nSPS) is 16.0. The Morgan fingerprint density at radius 2 is 2.19 bits per heavy atom. The minimum absolute atomic E-state index is 0.185. The Morgan fingerprint density at radius 3 is 3.04 bits per heavy atom. The molecular formula is C20H20FN3O2. The maximum atomic E-state index is 13.5. The summed E-state index contributed by atoms with van der Waals surface area (Å²) in [5, 5.41) is 10.6. The predicted molar refractivity (Wildman–Crippen MR) is 96.8 cm³/mol. The van der Waals surface area contributed by atoms with E-state index < -0.39 is 0 Å². The minimum atomic E-state index is -0.262. The van der Waals surface area contributed by atoms with Crippen molar-refractivity contribution in [1.29, 1.82) is 0 Å². The number of para-hydroxylation sites is 1. The van der Waals surface area contributed by atoms with Crippen molar-refractivity contribution in [2.75, 3.05) is 13.7 Å². The van der Waals surface area contributed by atoms with Crippen LogP contribution in [0.1, 0.15) is 11.1 Å². The molecule has 0 aliphatic carbocycles. The fourth-order valence-corrected chi connectivity index (χ4v) is 3.28. The zero-order valence-corrected chi connectivity index (χ0v) is 14.5. The molecule has 1 atom stereocenters. The number of fused-ring (bicyclic) bond motifs is 1. The summed E-state index contributed by atoms with van der Waals surface area (Å²) >= 11 is 0. The Bertz CT molecular complexity index is 910. The minimum Gasteiger partial charge on any atom is -0.493 e. The first kappa shape index (κ1) is 16.6. The number of benzene rings is 2. The molecule has 1 aliphatic heterocycles. The molecule has 0 spiro atoms. The van der Waals surface area contributed by atoms with E-state index in [2.05, 4.69) is 21.6 Å². The van der Waals surface area contributed by atoms with E-state index in [9.17, 15) is 4.39 Å². The number of methoxy groups -OCH3 is 1. The Balaban J connectivity index is 1.45. The third-order valence-electron chi connectivity index (χ3n) is 4.59. The number of hydrogen-bond donors (Lipinski definition) is 2. The number of aromatic amines is 1. The molecule has 26 heavy (non-hydrogen) atoms. The quantitative estimate of drug-likeness (QED) is 0.739. The molecule has 134 valence electrons. The first-order valence-corrected chi connectivity index (χ1v) is 8.55. The van der Waals surface area contributed by atoms with Crippen molar-refractivity contribution >= 4 is 0 Å². The van der Waals surface area contributed by atoms with Crippen molar-refractivity contribution < 1.29 is 13.9 Å². The van der Waals surface area contributed by atoms with E-state index in [4.69, 9.17) is 9.47 Å². The van der Waals surface area contributed by atoms with Gasteiger partial charge in [-0.05, 0) is 30.2 Å². The second-order valence-electron chi connectivity index (χ2n) is 6.32. The number of ether oxygens (including phenoxy) is 2. The van der Waals surface area contributed by atoms with Gasteiger partial charge in [0.15, 0.2) is 11.5 Å². The molecule has 5 nitrogen and oxygen atoms in total. The van der Waals surface area contributed by atoms with Crippen LogP contribution in [-0.4, -0.2) is 30.0 Å². The number of aromatic nitrogens is 2. The van der Waals surface area contributed by atoms with Gasteiger partial charge in [-0.25, -0.2) is 4.39 Å². The lowest BCUT2D eigenvalue weighted by molar-refractivity contribution is 0.227. The Kier molecular flexibility index (Phi) is 4.58. The molecule has 3 aromatic rings. The number of nitrogens with zero attached hydrogens (tertiary/aromatic N) is 1. The van der Waals surface area contributed by atoms with Crippen molar-refractivity contribution in [3.63, 3.8) is 0 Å². The van der Waals surface area contributed by atoms with Gasteiger partial charge in [0.2, 0.25) is 0 Å². The standard InChI is InChI=1S/C20H20FN3O2/c1-25-18-7-3-5-14-9-17(12-26-20(14)18)22-10-15-11-23-24-19(15)13-4-2-6-16(21)8-13/h2-8,11,17,22H,9-10,12H2,1H3,(H,23,24). The van der Waals surface area contributed by atoms with Gasteiger partial charge >= 0.3 is 0 Å². The molecule has 2 heterocycles. The Morgan fingerprint density at radius 1 is 1.31 bits per heavy atom. The summed E-state index contributed by atoms with van der Waals surface area (Å²) in [6.07, 6.45) is 2.63. The summed E-state index contributed by atoms with van der Waals surface area (Å²) < 4.78 is 24.7. The van der Waals surface area contributed by atoms with Gasteiger partial charge in [0.25, 0.3) is 0 Å². The largest absolute Gasteiger partial charge is 0.493 e. The van der Waals surface area contributed by atoms with E-state index in [1.807, 2.05) is 18.2 Å². The number of nitrogens with one attached hydrogen (secondary N) is 2. The van der Waals surface area contributed by atoms with Crippen molar-refractivity contribution in [3.8, 4) is 22.8 Å². The molecule has 0 saturated heterocycles. The van der Waals surface area contributed by atoms with E-state index in [1.54, 1.807) is 19.4 Å². The van der Waals surface area contributed by atoms with Crippen LogP contribution < -0.4 is 14.8 Å². The molecule has 1 aromatic heterocycles. The molecule has 1 unspecified atom stereocenters. The van der Waals surface area contributed by atoms with Gasteiger partial charge in [-0.3, -0.25) is 5.10 Å². The number of hydrogen-bond acceptors (Lipinski definition) is 4. The molecule has 4 rings (SSSR count). The van der Waals surface area contributed by atoms with E-state index in [0.29, 0.717) is 13.2 Å². The van der Waals surface area contributed by atoms with Crippen molar-refractivity contribution in [2.24, 2.45) is 0 Å². The van der Waals surface area contributed by atoms with Gasteiger partial charge < -0.3 is 14.8 Å². The first-order chi connectivity index (χ1) is 12.7. The lowest BCUT2D eigenvalue weighted by Gasteiger charge is -2.27. The highest BCUT2D eigenvalue weighted by molar-refractivity contribution is 5.62. The lowest BCUT2D eigenvalue weighted by atomic mass is 10.0. The van der Waals surface area contributed by atoms with Gasteiger partial charge in [-0.15, -0.1) is 0 Å². The summed E-state index contributed by atoms with van der Waals surface area (Å²) in [7, 11) is 1.65. The fourth-order valence-electron chi connectivity index (χ4n) is 3.28. The SMILES string of the molecule is COc1cccc2c1OCC(NCc1cn[nH]c1-c1cccc(F)c1)C2. The zero-order chi connectivity index (χ0) is 17.9. The smallest absolute Gasteiger partial charge is 0.164 e. The average molecular weight is 353 g/mol. The van der Waals surface area contributed by atoms with Crippen LogP contribution in [0.4, 0.5) is 4.39 Å². The molecule has 0 fully saturated rings. The summed E-state index contributed by atoms with van der Waals surface area (Å²) in [4.78, 5) is 0. The van der Waals surface area contributed by atoms with Crippen molar-refractivity contribution in [2.45, 2.75) is 19.0 Å². The maximum Gasteiger partial charge on any atom is 0.164 e. The van der Waals surface area contributed by atoms with Crippen molar-refractivity contribution in [1.82, 2.24) is 15.5 Å². The van der Waals surface area contributed by atoms with Crippen LogP contribution >= 0.6 is 0 Å². The highest BCUT2D eigenvalue weighted by atomic mass is 19.1. The number of rotatable bonds is 5. The van der Waals surface area contributed by atoms with Gasteiger partial charge in [0.05, 0.1) is 19.0 Å². The van der Waals surface area contributed by atoms with E-state index in [0.717, 1.165) is 40.3 Å².